The lowest BCUT2D eigenvalue weighted by Gasteiger charge is -2.13. The molecule has 2 aromatic rings. The van der Waals surface area contributed by atoms with E-state index in [9.17, 15) is 39.5 Å². The second-order valence-corrected chi connectivity index (χ2v) is 4.55. The molecule has 128 valence electrons. The van der Waals surface area contributed by atoms with Gasteiger partial charge < -0.3 is 0 Å². The largest absolute Gasteiger partial charge is 0.203 e. The normalized spacial score (nSPS) is 11.0. The third-order valence-corrected chi connectivity index (χ3v) is 3.16. The summed E-state index contributed by atoms with van der Waals surface area (Å²) in [7, 11) is 0. The third-order valence-electron chi connectivity index (χ3n) is 3.16. The van der Waals surface area contributed by atoms with Crippen molar-refractivity contribution < 1.29 is 39.5 Å². The van der Waals surface area contributed by atoms with Crippen LogP contribution in [0.1, 0.15) is 5.56 Å². The Morgan fingerprint density at radius 1 is 0.500 bits per heavy atom. The molecule has 0 saturated carbocycles. The van der Waals surface area contributed by atoms with E-state index in [2.05, 4.69) is 6.58 Å². The van der Waals surface area contributed by atoms with Crippen LogP contribution >= 0.6 is 0 Å². The molecule has 2 aromatic carbocycles. The van der Waals surface area contributed by atoms with Crippen molar-refractivity contribution in [3.05, 3.63) is 70.6 Å². The quantitative estimate of drug-likeness (QED) is 0.302. The molecule has 0 aliphatic heterocycles. The zero-order valence-electron chi connectivity index (χ0n) is 11.4. The van der Waals surface area contributed by atoms with Crippen LogP contribution in [0.15, 0.2) is 12.7 Å². The molecular formula is C15H5F9. The molecule has 24 heavy (non-hydrogen) atoms. The van der Waals surface area contributed by atoms with Gasteiger partial charge in [0, 0.05) is 5.56 Å². The summed E-state index contributed by atoms with van der Waals surface area (Å²) in [4.78, 5) is 0. The van der Waals surface area contributed by atoms with Gasteiger partial charge in [-0.2, -0.15) is 0 Å². The monoisotopic (exact) mass is 356 g/mol. The van der Waals surface area contributed by atoms with Crippen LogP contribution in [0, 0.1) is 52.4 Å². The summed E-state index contributed by atoms with van der Waals surface area (Å²) in [5.74, 6) is -21.5. The van der Waals surface area contributed by atoms with Gasteiger partial charge in [-0.05, 0) is 6.42 Å². The Bertz CT molecular complexity index is 797. The lowest BCUT2D eigenvalue weighted by Crippen LogP contribution is -2.10. The number of allylic oxidation sites excluding steroid dienone is 1. The van der Waals surface area contributed by atoms with Gasteiger partial charge in [0.1, 0.15) is 0 Å². The van der Waals surface area contributed by atoms with E-state index >= 15 is 0 Å². The van der Waals surface area contributed by atoms with E-state index in [4.69, 9.17) is 0 Å². The van der Waals surface area contributed by atoms with E-state index in [1.165, 1.54) is 0 Å². The zero-order chi connectivity index (χ0) is 18.3. The fourth-order valence-corrected chi connectivity index (χ4v) is 2.04. The molecule has 0 aromatic heterocycles. The Kier molecular flexibility index (Phi) is 4.63. The molecular weight excluding hydrogens is 351 g/mol. The van der Waals surface area contributed by atoms with Crippen molar-refractivity contribution in [1.82, 2.24) is 0 Å². The minimum absolute atomic E-state index is 0.678. The van der Waals surface area contributed by atoms with Gasteiger partial charge in [0.05, 0.1) is 11.1 Å². The molecule has 0 bridgehead atoms. The molecule has 0 spiro atoms. The summed E-state index contributed by atoms with van der Waals surface area (Å²) in [6.45, 7) is 3.10. The summed E-state index contributed by atoms with van der Waals surface area (Å²) in [5, 5.41) is 0. The summed E-state index contributed by atoms with van der Waals surface area (Å²) in [6, 6.07) is 0. The van der Waals surface area contributed by atoms with Crippen LogP contribution in [-0.4, -0.2) is 0 Å². The molecule has 0 amide bonds. The van der Waals surface area contributed by atoms with Crippen molar-refractivity contribution >= 4 is 0 Å². The lowest BCUT2D eigenvalue weighted by atomic mass is 9.98. The Morgan fingerprint density at radius 3 is 1.12 bits per heavy atom. The molecule has 0 unspecified atom stereocenters. The van der Waals surface area contributed by atoms with Gasteiger partial charge in [-0.1, -0.05) is 6.08 Å². The van der Waals surface area contributed by atoms with Crippen LogP contribution in [0.5, 0.6) is 0 Å². The maximum Gasteiger partial charge on any atom is 0.200 e. The highest BCUT2D eigenvalue weighted by molar-refractivity contribution is 5.67. The minimum atomic E-state index is -2.60. The Hall–Kier alpha value is -2.45. The smallest absolute Gasteiger partial charge is 0.200 e. The van der Waals surface area contributed by atoms with Crippen LogP contribution in [0.3, 0.4) is 0 Å². The van der Waals surface area contributed by atoms with Gasteiger partial charge >= 0.3 is 0 Å². The molecule has 0 aliphatic carbocycles. The second kappa shape index (κ2) is 6.21. The molecule has 0 atom stereocenters. The highest BCUT2D eigenvalue weighted by Gasteiger charge is 2.33. The standard InChI is InChI=1S/C15H5F9/c1-2-3-4-7(16)9(18)5(10(19)8(4)17)6-11(20)13(22)15(24)14(23)12(6)21/h2H,1,3H2. The SMILES string of the molecule is C=CCc1c(F)c(F)c(-c2c(F)c(F)c(F)c(F)c2F)c(F)c1F. The molecule has 0 nitrogen and oxygen atoms in total. The predicted octanol–water partition coefficient (Wildman–Crippen LogP) is 5.33. The van der Waals surface area contributed by atoms with Crippen molar-refractivity contribution in [2.24, 2.45) is 0 Å². The number of hydrogen-bond acceptors (Lipinski definition) is 0. The van der Waals surface area contributed by atoms with E-state index in [0.717, 1.165) is 6.08 Å². The van der Waals surface area contributed by atoms with Gasteiger partial charge in [-0.25, -0.2) is 39.5 Å². The van der Waals surface area contributed by atoms with Crippen molar-refractivity contribution in [3.8, 4) is 11.1 Å². The third kappa shape index (κ3) is 2.44. The average Bonchev–Trinajstić information content (AvgIpc) is 2.56. The minimum Gasteiger partial charge on any atom is -0.203 e. The van der Waals surface area contributed by atoms with Crippen LogP contribution in [0.25, 0.3) is 11.1 Å². The summed E-state index contributed by atoms with van der Waals surface area (Å²) >= 11 is 0. The van der Waals surface area contributed by atoms with Gasteiger partial charge in [0.15, 0.2) is 46.5 Å². The first-order chi connectivity index (χ1) is 11.1. The first-order valence-corrected chi connectivity index (χ1v) is 6.12. The van der Waals surface area contributed by atoms with Crippen molar-refractivity contribution in [1.29, 1.82) is 0 Å². The average molecular weight is 356 g/mol. The number of benzene rings is 2. The van der Waals surface area contributed by atoms with Crippen molar-refractivity contribution in [2.75, 3.05) is 0 Å². The molecule has 0 N–H and O–H groups in total. The van der Waals surface area contributed by atoms with E-state index < -0.39 is 75.5 Å². The Labute approximate surface area is 128 Å². The van der Waals surface area contributed by atoms with Crippen LogP contribution in [0.2, 0.25) is 0 Å². The molecule has 0 saturated heterocycles. The van der Waals surface area contributed by atoms with Crippen molar-refractivity contribution in [2.45, 2.75) is 6.42 Å². The highest BCUT2D eigenvalue weighted by Crippen LogP contribution is 2.37. The van der Waals surface area contributed by atoms with Crippen molar-refractivity contribution in [3.63, 3.8) is 0 Å². The summed E-state index contributed by atoms with van der Waals surface area (Å²) < 4.78 is 122. The Balaban J connectivity index is 2.98. The number of rotatable bonds is 3. The molecule has 0 heterocycles. The van der Waals surface area contributed by atoms with E-state index in [-0.39, 0.29) is 0 Å². The molecule has 0 fully saturated rings. The fraction of sp³-hybridized carbons (Fsp3) is 0.0667. The van der Waals surface area contributed by atoms with Gasteiger partial charge in [-0.3, -0.25) is 0 Å². The summed E-state index contributed by atoms with van der Waals surface area (Å²) in [6.07, 6.45) is 0.210. The topological polar surface area (TPSA) is 0 Å². The van der Waals surface area contributed by atoms with Crippen LogP contribution < -0.4 is 0 Å². The number of halogens is 9. The predicted molar refractivity (Wildman–Crippen MR) is 65.4 cm³/mol. The fourth-order valence-electron chi connectivity index (χ4n) is 2.04. The first kappa shape index (κ1) is 17.9. The van der Waals surface area contributed by atoms with Gasteiger partial charge in [0.2, 0.25) is 5.82 Å². The zero-order valence-corrected chi connectivity index (χ0v) is 11.4. The second-order valence-electron chi connectivity index (χ2n) is 4.55. The highest BCUT2D eigenvalue weighted by atomic mass is 19.2. The molecule has 2 rings (SSSR count). The lowest BCUT2D eigenvalue weighted by molar-refractivity contribution is 0.379. The van der Waals surface area contributed by atoms with Crippen LogP contribution in [0.4, 0.5) is 39.5 Å². The molecule has 0 aliphatic rings. The van der Waals surface area contributed by atoms with Gasteiger partial charge in [0.25, 0.3) is 0 Å². The Morgan fingerprint density at radius 2 is 0.792 bits per heavy atom. The summed E-state index contributed by atoms with van der Waals surface area (Å²) in [5.41, 5.74) is -5.29. The first-order valence-electron chi connectivity index (χ1n) is 6.12. The molecule has 9 heteroatoms. The van der Waals surface area contributed by atoms with Crippen LogP contribution in [-0.2, 0) is 6.42 Å². The number of hydrogen-bond donors (Lipinski definition) is 0. The van der Waals surface area contributed by atoms with E-state index in [1.807, 2.05) is 0 Å². The van der Waals surface area contributed by atoms with E-state index in [1.54, 1.807) is 0 Å². The van der Waals surface area contributed by atoms with E-state index in [0.29, 0.717) is 0 Å². The maximum absolute atomic E-state index is 13.9. The van der Waals surface area contributed by atoms with Gasteiger partial charge in [-0.15, -0.1) is 6.58 Å². The maximum atomic E-state index is 13.9. The molecule has 0 radical (unpaired) electrons.